The van der Waals surface area contributed by atoms with E-state index in [1.54, 1.807) is 11.3 Å². The molecule has 1 fully saturated rings. The van der Waals surface area contributed by atoms with Crippen molar-refractivity contribution in [2.75, 3.05) is 26.2 Å². The minimum atomic E-state index is 0.551. The fraction of sp³-hybridized carbons (Fsp3) is 0.438. The molecule has 0 atom stereocenters. The van der Waals surface area contributed by atoms with Crippen molar-refractivity contribution in [3.05, 3.63) is 45.9 Å². The molecule has 0 bridgehead atoms. The van der Waals surface area contributed by atoms with Gasteiger partial charge in [0.2, 0.25) is 0 Å². The maximum atomic E-state index is 5.77. The standard InChI is InChI=1S/C16H21N3OS/c1-13-2-4-15(5-3-13)20-11-16-18-14(12-21-16)10-19-8-6-17-7-9-19/h2-5,12,17H,6-11H2,1H3. The fourth-order valence-electron chi connectivity index (χ4n) is 2.37. The van der Waals surface area contributed by atoms with Gasteiger partial charge in [-0.05, 0) is 19.1 Å². The summed E-state index contributed by atoms with van der Waals surface area (Å²) in [6.07, 6.45) is 0. The Labute approximate surface area is 129 Å². The lowest BCUT2D eigenvalue weighted by molar-refractivity contribution is 0.230. The van der Waals surface area contributed by atoms with Crippen LogP contribution in [0.4, 0.5) is 0 Å². The summed E-state index contributed by atoms with van der Waals surface area (Å²) < 4.78 is 5.77. The Balaban J connectivity index is 1.51. The molecule has 112 valence electrons. The zero-order valence-corrected chi connectivity index (χ0v) is 13.2. The number of hydrogen-bond acceptors (Lipinski definition) is 5. The number of nitrogens with zero attached hydrogens (tertiary/aromatic N) is 2. The van der Waals surface area contributed by atoms with Gasteiger partial charge in [0.05, 0.1) is 5.69 Å². The SMILES string of the molecule is Cc1ccc(OCc2nc(CN3CCNCC3)cs2)cc1. The summed E-state index contributed by atoms with van der Waals surface area (Å²) in [7, 11) is 0. The summed E-state index contributed by atoms with van der Waals surface area (Å²) in [5, 5.41) is 6.56. The van der Waals surface area contributed by atoms with Crippen LogP contribution in [-0.4, -0.2) is 36.1 Å². The largest absolute Gasteiger partial charge is 0.486 e. The van der Waals surface area contributed by atoms with Crippen LogP contribution in [0.15, 0.2) is 29.6 Å². The molecule has 0 saturated carbocycles. The molecule has 1 aliphatic heterocycles. The van der Waals surface area contributed by atoms with E-state index in [0.29, 0.717) is 6.61 Å². The van der Waals surface area contributed by atoms with Crippen molar-refractivity contribution >= 4 is 11.3 Å². The first-order chi connectivity index (χ1) is 10.3. The van der Waals surface area contributed by atoms with Crippen LogP contribution in [0, 0.1) is 6.92 Å². The highest BCUT2D eigenvalue weighted by Crippen LogP contribution is 2.17. The minimum Gasteiger partial charge on any atom is -0.486 e. The van der Waals surface area contributed by atoms with E-state index in [0.717, 1.165) is 49.2 Å². The van der Waals surface area contributed by atoms with Crippen LogP contribution >= 0.6 is 11.3 Å². The molecular weight excluding hydrogens is 282 g/mol. The third kappa shape index (κ3) is 4.27. The van der Waals surface area contributed by atoms with E-state index in [9.17, 15) is 0 Å². The second-order valence-electron chi connectivity index (χ2n) is 5.36. The lowest BCUT2D eigenvalue weighted by Crippen LogP contribution is -2.42. The van der Waals surface area contributed by atoms with Crippen LogP contribution in [-0.2, 0) is 13.2 Å². The first kappa shape index (κ1) is 14.5. The van der Waals surface area contributed by atoms with E-state index in [2.05, 4.69) is 39.6 Å². The first-order valence-corrected chi connectivity index (χ1v) is 8.23. The molecule has 0 radical (unpaired) electrons. The molecule has 2 heterocycles. The van der Waals surface area contributed by atoms with Crippen molar-refractivity contribution in [1.82, 2.24) is 15.2 Å². The van der Waals surface area contributed by atoms with Crippen molar-refractivity contribution in [3.63, 3.8) is 0 Å². The van der Waals surface area contributed by atoms with Gasteiger partial charge in [0.1, 0.15) is 17.4 Å². The predicted molar refractivity (Wildman–Crippen MR) is 85.8 cm³/mol. The van der Waals surface area contributed by atoms with Crippen LogP contribution in [0.3, 0.4) is 0 Å². The van der Waals surface area contributed by atoms with Gasteiger partial charge in [0.15, 0.2) is 0 Å². The Morgan fingerprint density at radius 1 is 1.24 bits per heavy atom. The van der Waals surface area contributed by atoms with Crippen molar-refractivity contribution in [1.29, 1.82) is 0 Å². The Kier molecular flexibility index (Phi) is 4.85. The number of aryl methyl sites for hydroxylation is 1. The van der Waals surface area contributed by atoms with Gasteiger partial charge in [-0.1, -0.05) is 17.7 Å². The molecule has 1 N–H and O–H groups in total. The summed E-state index contributed by atoms with van der Waals surface area (Å²) in [4.78, 5) is 7.11. The summed E-state index contributed by atoms with van der Waals surface area (Å²) in [5.41, 5.74) is 2.40. The van der Waals surface area contributed by atoms with Crippen LogP contribution < -0.4 is 10.1 Å². The fourth-order valence-corrected chi connectivity index (χ4v) is 3.06. The van der Waals surface area contributed by atoms with E-state index in [1.807, 2.05) is 12.1 Å². The molecule has 5 heteroatoms. The number of hydrogen-bond donors (Lipinski definition) is 1. The van der Waals surface area contributed by atoms with E-state index in [-0.39, 0.29) is 0 Å². The molecule has 1 aliphatic rings. The summed E-state index contributed by atoms with van der Waals surface area (Å²) in [6, 6.07) is 8.13. The number of ether oxygens (including phenoxy) is 1. The Bertz CT molecular complexity index is 561. The molecule has 0 amide bonds. The molecular formula is C16H21N3OS. The van der Waals surface area contributed by atoms with Crippen LogP contribution in [0.25, 0.3) is 0 Å². The van der Waals surface area contributed by atoms with Gasteiger partial charge in [0, 0.05) is 38.1 Å². The average Bonchev–Trinajstić information content (AvgIpc) is 2.95. The van der Waals surface area contributed by atoms with Gasteiger partial charge < -0.3 is 10.1 Å². The highest BCUT2D eigenvalue weighted by molar-refractivity contribution is 7.09. The monoisotopic (exact) mass is 303 g/mol. The molecule has 1 aromatic carbocycles. The molecule has 0 aliphatic carbocycles. The number of piperazine rings is 1. The minimum absolute atomic E-state index is 0.551. The maximum absolute atomic E-state index is 5.77. The van der Waals surface area contributed by atoms with Crippen LogP contribution in [0.2, 0.25) is 0 Å². The van der Waals surface area contributed by atoms with E-state index in [1.165, 1.54) is 5.56 Å². The van der Waals surface area contributed by atoms with Gasteiger partial charge in [-0.2, -0.15) is 0 Å². The Hall–Kier alpha value is -1.43. The van der Waals surface area contributed by atoms with E-state index < -0.39 is 0 Å². The molecule has 21 heavy (non-hydrogen) atoms. The second kappa shape index (κ2) is 7.02. The highest BCUT2D eigenvalue weighted by Gasteiger charge is 2.12. The Morgan fingerprint density at radius 3 is 2.76 bits per heavy atom. The normalized spacial score (nSPS) is 16.0. The predicted octanol–water partition coefficient (Wildman–Crippen LogP) is 2.44. The van der Waals surface area contributed by atoms with Gasteiger partial charge in [-0.15, -0.1) is 11.3 Å². The molecule has 1 aromatic heterocycles. The lowest BCUT2D eigenvalue weighted by Gasteiger charge is -2.26. The van der Waals surface area contributed by atoms with Crippen LogP contribution in [0.5, 0.6) is 5.75 Å². The number of nitrogens with one attached hydrogen (secondary N) is 1. The molecule has 0 spiro atoms. The van der Waals surface area contributed by atoms with E-state index in [4.69, 9.17) is 4.74 Å². The number of aromatic nitrogens is 1. The lowest BCUT2D eigenvalue weighted by atomic mass is 10.2. The van der Waals surface area contributed by atoms with Gasteiger partial charge in [-0.3, -0.25) is 4.90 Å². The van der Waals surface area contributed by atoms with Crippen LogP contribution in [0.1, 0.15) is 16.3 Å². The summed E-state index contributed by atoms with van der Waals surface area (Å²) in [6.45, 7) is 7.94. The summed E-state index contributed by atoms with van der Waals surface area (Å²) in [5.74, 6) is 0.902. The van der Waals surface area contributed by atoms with Crippen molar-refractivity contribution in [2.24, 2.45) is 0 Å². The molecule has 3 rings (SSSR count). The van der Waals surface area contributed by atoms with Crippen molar-refractivity contribution in [3.8, 4) is 5.75 Å². The quantitative estimate of drug-likeness (QED) is 0.920. The highest BCUT2D eigenvalue weighted by atomic mass is 32.1. The zero-order valence-electron chi connectivity index (χ0n) is 12.3. The molecule has 1 saturated heterocycles. The van der Waals surface area contributed by atoms with Crippen molar-refractivity contribution in [2.45, 2.75) is 20.1 Å². The number of rotatable bonds is 5. The second-order valence-corrected chi connectivity index (χ2v) is 6.30. The average molecular weight is 303 g/mol. The summed E-state index contributed by atoms with van der Waals surface area (Å²) >= 11 is 1.68. The molecule has 2 aromatic rings. The van der Waals surface area contributed by atoms with Gasteiger partial charge in [0.25, 0.3) is 0 Å². The van der Waals surface area contributed by atoms with Gasteiger partial charge >= 0.3 is 0 Å². The van der Waals surface area contributed by atoms with E-state index >= 15 is 0 Å². The third-order valence-corrected chi connectivity index (χ3v) is 4.45. The smallest absolute Gasteiger partial charge is 0.140 e. The topological polar surface area (TPSA) is 37.4 Å². The molecule has 0 unspecified atom stereocenters. The van der Waals surface area contributed by atoms with Crippen molar-refractivity contribution < 1.29 is 4.74 Å². The molecule has 4 nitrogen and oxygen atoms in total. The zero-order chi connectivity index (χ0) is 14.5. The Morgan fingerprint density at radius 2 is 2.00 bits per heavy atom. The van der Waals surface area contributed by atoms with Gasteiger partial charge in [-0.25, -0.2) is 4.98 Å². The number of thiazole rings is 1. The maximum Gasteiger partial charge on any atom is 0.140 e. The number of benzene rings is 1. The third-order valence-electron chi connectivity index (χ3n) is 3.58. The first-order valence-electron chi connectivity index (χ1n) is 7.35.